The molecule has 1 heterocycles. The highest BCUT2D eigenvalue weighted by atomic mass is 19.1. The number of para-hydroxylation sites is 1. The Morgan fingerprint density at radius 3 is 2.61 bits per heavy atom. The second kappa shape index (κ2) is 7.80. The molecular weight excluding hydrogens is 365 g/mol. The van der Waals surface area contributed by atoms with Gasteiger partial charge in [-0.1, -0.05) is 26.0 Å². The van der Waals surface area contributed by atoms with Crippen LogP contribution in [0, 0.1) is 11.7 Å². The van der Waals surface area contributed by atoms with E-state index in [1.54, 1.807) is 32.0 Å². The van der Waals surface area contributed by atoms with Crippen molar-refractivity contribution in [3.8, 4) is 11.5 Å². The summed E-state index contributed by atoms with van der Waals surface area (Å²) in [5.41, 5.74) is 0.153. The van der Waals surface area contributed by atoms with Gasteiger partial charge in [0.15, 0.2) is 11.9 Å². The molecule has 1 atom stereocenters. The van der Waals surface area contributed by atoms with E-state index in [0.29, 0.717) is 0 Å². The molecule has 0 spiro atoms. The van der Waals surface area contributed by atoms with Gasteiger partial charge >= 0.3 is 0 Å². The third-order valence-corrected chi connectivity index (χ3v) is 4.50. The summed E-state index contributed by atoms with van der Waals surface area (Å²) >= 11 is 0. The van der Waals surface area contributed by atoms with Crippen molar-refractivity contribution in [2.24, 2.45) is 5.92 Å². The van der Waals surface area contributed by atoms with Crippen LogP contribution in [0.15, 0.2) is 42.5 Å². The molecule has 0 radical (unpaired) electrons. The lowest BCUT2D eigenvalue weighted by atomic mass is 10.0. The number of Topliss-reactive ketones (excluding diaryl/α,β-unsaturated/α-hetero) is 1. The number of ether oxygens (including phenoxy) is 2. The molecule has 6 nitrogen and oxygen atoms in total. The number of carbonyl (C=O) groups excluding carboxylic acids is 3. The molecule has 0 aromatic heterocycles. The number of hydrogen-bond donors (Lipinski definition) is 0. The summed E-state index contributed by atoms with van der Waals surface area (Å²) < 4.78 is 24.5. The second-order valence-electron chi connectivity index (χ2n) is 6.78. The number of fused-ring (bicyclic) bond motifs is 1. The molecule has 1 unspecified atom stereocenters. The molecule has 2 amide bonds. The standard InChI is InChI=1S/C21H20FNO5/c1-12(2)19-21(26)23(20(25)14-6-4-5-7-18(14)28-19)11-16(24)15-10-13(22)8-9-17(15)27-3/h4-10,12,19H,11H2,1-3H3. The van der Waals surface area contributed by atoms with Gasteiger partial charge in [-0.3, -0.25) is 19.3 Å². The van der Waals surface area contributed by atoms with Gasteiger partial charge in [0.2, 0.25) is 0 Å². The number of amides is 2. The zero-order chi connectivity index (χ0) is 20.4. The van der Waals surface area contributed by atoms with Crippen molar-refractivity contribution in [2.45, 2.75) is 20.0 Å². The molecular formula is C21H20FNO5. The van der Waals surface area contributed by atoms with E-state index >= 15 is 0 Å². The number of benzene rings is 2. The number of nitrogens with zero attached hydrogens (tertiary/aromatic N) is 1. The van der Waals surface area contributed by atoms with Crippen LogP contribution in [-0.4, -0.2) is 42.3 Å². The van der Waals surface area contributed by atoms with Crippen LogP contribution in [0.3, 0.4) is 0 Å². The molecule has 0 aliphatic carbocycles. The van der Waals surface area contributed by atoms with E-state index in [1.165, 1.54) is 19.2 Å². The van der Waals surface area contributed by atoms with Crippen LogP contribution in [0.4, 0.5) is 4.39 Å². The average molecular weight is 385 g/mol. The van der Waals surface area contributed by atoms with E-state index in [4.69, 9.17) is 9.47 Å². The lowest BCUT2D eigenvalue weighted by molar-refractivity contribution is -0.136. The summed E-state index contributed by atoms with van der Waals surface area (Å²) in [5, 5.41) is 0. The highest BCUT2D eigenvalue weighted by Gasteiger charge is 2.39. The minimum absolute atomic E-state index is 0.0392. The molecule has 2 aromatic rings. The van der Waals surface area contributed by atoms with Crippen LogP contribution in [0.5, 0.6) is 11.5 Å². The van der Waals surface area contributed by atoms with Crippen molar-refractivity contribution < 1.29 is 28.2 Å². The Hall–Kier alpha value is -3.22. The summed E-state index contributed by atoms with van der Waals surface area (Å²) in [6.45, 7) is 3.03. The first kappa shape index (κ1) is 19.5. The molecule has 1 aliphatic heterocycles. The Labute approximate surface area is 161 Å². The molecule has 2 aromatic carbocycles. The van der Waals surface area contributed by atoms with Gasteiger partial charge in [0.05, 0.1) is 24.8 Å². The zero-order valence-electron chi connectivity index (χ0n) is 15.8. The first-order chi connectivity index (χ1) is 13.3. The Morgan fingerprint density at radius 1 is 1.21 bits per heavy atom. The number of ketones is 1. The predicted molar refractivity (Wildman–Crippen MR) is 99.0 cm³/mol. The summed E-state index contributed by atoms with van der Waals surface area (Å²) in [6.07, 6.45) is -0.921. The molecule has 0 saturated heterocycles. The molecule has 28 heavy (non-hydrogen) atoms. The van der Waals surface area contributed by atoms with Gasteiger partial charge in [-0.05, 0) is 36.2 Å². The topological polar surface area (TPSA) is 72.9 Å². The fraction of sp³-hybridized carbons (Fsp3) is 0.286. The van der Waals surface area contributed by atoms with Gasteiger partial charge in [0.25, 0.3) is 11.8 Å². The Bertz CT molecular complexity index is 940. The highest BCUT2D eigenvalue weighted by molar-refractivity contribution is 6.12. The third kappa shape index (κ3) is 3.60. The van der Waals surface area contributed by atoms with Gasteiger partial charge in [-0.15, -0.1) is 0 Å². The van der Waals surface area contributed by atoms with Crippen molar-refractivity contribution >= 4 is 17.6 Å². The van der Waals surface area contributed by atoms with Crippen LogP contribution in [0.1, 0.15) is 34.6 Å². The zero-order valence-corrected chi connectivity index (χ0v) is 15.8. The molecule has 0 fully saturated rings. The maximum atomic E-state index is 13.6. The average Bonchev–Trinajstić information content (AvgIpc) is 2.78. The fourth-order valence-electron chi connectivity index (χ4n) is 3.03. The number of imide groups is 1. The van der Waals surface area contributed by atoms with Crippen LogP contribution < -0.4 is 9.47 Å². The Balaban J connectivity index is 2.00. The highest BCUT2D eigenvalue weighted by Crippen LogP contribution is 2.28. The Kier molecular flexibility index (Phi) is 5.44. The number of hydrogen-bond acceptors (Lipinski definition) is 5. The van der Waals surface area contributed by atoms with Gasteiger partial charge in [-0.25, -0.2) is 4.39 Å². The van der Waals surface area contributed by atoms with Gasteiger partial charge in [0.1, 0.15) is 17.3 Å². The molecule has 0 N–H and O–H groups in total. The summed E-state index contributed by atoms with van der Waals surface area (Å²) in [7, 11) is 1.35. The maximum Gasteiger partial charge on any atom is 0.271 e. The van der Waals surface area contributed by atoms with E-state index in [2.05, 4.69) is 0 Å². The van der Waals surface area contributed by atoms with Crippen molar-refractivity contribution in [3.63, 3.8) is 0 Å². The Morgan fingerprint density at radius 2 is 1.93 bits per heavy atom. The van der Waals surface area contributed by atoms with Crippen LogP contribution >= 0.6 is 0 Å². The maximum absolute atomic E-state index is 13.6. The smallest absolute Gasteiger partial charge is 0.271 e. The molecule has 3 rings (SSSR count). The van der Waals surface area contributed by atoms with E-state index in [9.17, 15) is 18.8 Å². The number of methoxy groups -OCH3 is 1. The van der Waals surface area contributed by atoms with Crippen LogP contribution in [0.2, 0.25) is 0 Å². The van der Waals surface area contributed by atoms with Crippen LogP contribution in [0.25, 0.3) is 0 Å². The molecule has 1 aliphatic rings. The van der Waals surface area contributed by atoms with Gasteiger partial charge in [-0.2, -0.15) is 0 Å². The quantitative estimate of drug-likeness (QED) is 0.584. The summed E-state index contributed by atoms with van der Waals surface area (Å²) in [5.74, 6) is -2.25. The summed E-state index contributed by atoms with van der Waals surface area (Å²) in [4.78, 5) is 39.6. The predicted octanol–water partition coefficient (Wildman–Crippen LogP) is 3.10. The van der Waals surface area contributed by atoms with E-state index in [1.807, 2.05) is 0 Å². The first-order valence-electron chi connectivity index (χ1n) is 8.81. The molecule has 0 bridgehead atoms. The fourth-order valence-corrected chi connectivity index (χ4v) is 3.03. The van der Waals surface area contributed by atoms with Gasteiger partial charge < -0.3 is 9.47 Å². The van der Waals surface area contributed by atoms with E-state index < -0.39 is 36.1 Å². The van der Waals surface area contributed by atoms with E-state index in [-0.39, 0.29) is 28.5 Å². The first-order valence-corrected chi connectivity index (χ1v) is 8.81. The lowest BCUT2D eigenvalue weighted by Gasteiger charge is -2.24. The normalized spacial score (nSPS) is 16.5. The number of halogens is 1. The van der Waals surface area contributed by atoms with Gasteiger partial charge in [0, 0.05) is 0 Å². The van der Waals surface area contributed by atoms with Crippen LogP contribution in [-0.2, 0) is 4.79 Å². The van der Waals surface area contributed by atoms with E-state index in [0.717, 1.165) is 17.0 Å². The van der Waals surface area contributed by atoms with Crippen molar-refractivity contribution in [1.82, 2.24) is 4.90 Å². The summed E-state index contributed by atoms with van der Waals surface area (Å²) in [6, 6.07) is 10.0. The minimum Gasteiger partial charge on any atom is -0.496 e. The number of rotatable bonds is 5. The van der Waals surface area contributed by atoms with Crippen molar-refractivity contribution in [1.29, 1.82) is 0 Å². The number of carbonyl (C=O) groups is 3. The second-order valence-corrected chi connectivity index (χ2v) is 6.78. The molecule has 146 valence electrons. The molecule has 7 heteroatoms. The monoisotopic (exact) mass is 385 g/mol. The molecule has 0 saturated carbocycles. The van der Waals surface area contributed by atoms with Crippen molar-refractivity contribution in [2.75, 3.05) is 13.7 Å². The third-order valence-electron chi connectivity index (χ3n) is 4.50. The SMILES string of the molecule is COc1ccc(F)cc1C(=O)CN1C(=O)c2ccccc2OC(C(C)C)C1=O. The lowest BCUT2D eigenvalue weighted by Crippen LogP contribution is -2.47. The minimum atomic E-state index is -0.921. The largest absolute Gasteiger partial charge is 0.496 e. The van der Waals surface area contributed by atoms with Crippen molar-refractivity contribution in [3.05, 3.63) is 59.4 Å².